The van der Waals surface area contributed by atoms with E-state index in [9.17, 15) is 0 Å². The van der Waals surface area contributed by atoms with Crippen LogP contribution in [0, 0.1) is 0 Å². The van der Waals surface area contributed by atoms with E-state index in [4.69, 9.17) is 4.42 Å². The molecule has 8 nitrogen and oxygen atoms in total. The number of nitrogens with zero attached hydrogens (tertiary/aromatic N) is 7. The Balaban J connectivity index is 1.33. The molecule has 0 unspecified atom stereocenters. The number of hydrogen-bond donors (Lipinski definition) is 0. The van der Waals surface area contributed by atoms with Crippen LogP contribution in [-0.2, 0) is 6.42 Å². The summed E-state index contributed by atoms with van der Waals surface area (Å²) < 4.78 is 9.52. The Kier molecular flexibility index (Phi) is 5.65. The molecule has 3 heterocycles. The van der Waals surface area contributed by atoms with Crippen LogP contribution >= 0.6 is 11.8 Å². The van der Waals surface area contributed by atoms with Crippen molar-refractivity contribution in [2.24, 2.45) is 5.10 Å². The molecular weight excluding hydrogens is 458 g/mol. The predicted octanol–water partition coefficient (Wildman–Crippen LogP) is 5.23. The maximum absolute atomic E-state index is 5.94. The van der Waals surface area contributed by atoms with Crippen molar-refractivity contribution in [3.63, 3.8) is 0 Å². The average molecular weight is 478 g/mol. The number of benzene rings is 3. The lowest BCUT2D eigenvalue weighted by Gasteiger charge is -2.11. The molecule has 3 aromatic carbocycles. The van der Waals surface area contributed by atoms with Crippen LogP contribution in [0.25, 0.3) is 16.5 Å². The molecule has 3 aromatic heterocycles. The van der Waals surface area contributed by atoms with Gasteiger partial charge in [0.05, 0.1) is 6.21 Å². The monoisotopic (exact) mass is 477 g/mol. The van der Waals surface area contributed by atoms with Gasteiger partial charge in [0.1, 0.15) is 24.2 Å². The third-order valence-electron chi connectivity index (χ3n) is 5.46. The Hall–Kier alpha value is -4.50. The molecule has 0 radical (unpaired) electrons. The second-order valence-electron chi connectivity index (χ2n) is 7.73. The Morgan fingerprint density at radius 2 is 1.63 bits per heavy atom. The Morgan fingerprint density at radius 3 is 2.51 bits per heavy atom. The zero-order valence-electron chi connectivity index (χ0n) is 18.5. The summed E-state index contributed by atoms with van der Waals surface area (Å²) in [6, 6.07) is 28.6. The van der Waals surface area contributed by atoms with Crippen LogP contribution in [0.15, 0.2) is 117 Å². The van der Waals surface area contributed by atoms with Gasteiger partial charge in [0.2, 0.25) is 5.16 Å². The van der Waals surface area contributed by atoms with Crippen LogP contribution in [0.5, 0.6) is 0 Å². The summed E-state index contributed by atoms with van der Waals surface area (Å²) in [5.41, 5.74) is 2.20. The molecule has 0 saturated carbocycles. The van der Waals surface area contributed by atoms with Gasteiger partial charge in [-0.1, -0.05) is 60.7 Å². The number of para-hydroxylation sites is 1. The van der Waals surface area contributed by atoms with E-state index >= 15 is 0 Å². The minimum absolute atomic E-state index is 0.614. The lowest BCUT2D eigenvalue weighted by atomic mass is 10.0. The molecule has 0 saturated heterocycles. The molecule has 0 bridgehead atoms. The fourth-order valence-electron chi connectivity index (χ4n) is 3.86. The normalized spacial score (nSPS) is 11.5. The topological polar surface area (TPSA) is 86.9 Å². The zero-order valence-corrected chi connectivity index (χ0v) is 19.3. The number of rotatable bonds is 7. The highest BCUT2D eigenvalue weighted by atomic mass is 32.2. The van der Waals surface area contributed by atoms with Crippen molar-refractivity contribution in [2.45, 2.75) is 16.7 Å². The van der Waals surface area contributed by atoms with Crippen LogP contribution in [0.1, 0.15) is 17.1 Å². The van der Waals surface area contributed by atoms with Crippen molar-refractivity contribution in [3.8, 4) is 5.69 Å². The summed E-state index contributed by atoms with van der Waals surface area (Å²) in [5.74, 6) is 1.47. The van der Waals surface area contributed by atoms with Crippen molar-refractivity contribution in [3.05, 3.63) is 115 Å². The van der Waals surface area contributed by atoms with Gasteiger partial charge in [-0.2, -0.15) is 5.10 Å². The molecule has 0 aliphatic rings. The number of fused-ring (bicyclic) bond motifs is 1. The van der Waals surface area contributed by atoms with Gasteiger partial charge in [-0.15, -0.1) is 20.4 Å². The highest BCUT2D eigenvalue weighted by Crippen LogP contribution is 2.31. The van der Waals surface area contributed by atoms with Crippen LogP contribution in [0.2, 0.25) is 0 Å². The SMILES string of the molecule is C(=N\n1cnnc1)/c1ccc(Sc2nnc(Cc3cccc4ccccc34)n2-c2ccccc2)o1. The molecule has 0 aliphatic carbocycles. The predicted molar refractivity (Wildman–Crippen MR) is 134 cm³/mol. The molecule has 170 valence electrons. The van der Waals surface area contributed by atoms with Gasteiger partial charge in [-0.25, -0.2) is 4.68 Å². The summed E-state index contributed by atoms with van der Waals surface area (Å²) in [7, 11) is 0. The van der Waals surface area contributed by atoms with Gasteiger partial charge in [-0.05, 0) is 52.4 Å². The summed E-state index contributed by atoms with van der Waals surface area (Å²) in [6.07, 6.45) is 5.28. The number of furan rings is 1. The largest absolute Gasteiger partial charge is 0.448 e. The summed E-state index contributed by atoms with van der Waals surface area (Å²) >= 11 is 1.42. The van der Waals surface area contributed by atoms with Crippen LogP contribution in [-0.4, -0.2) is 35.9 Å². The highest BCUT2D eigenvalue weighted by molar-refractivity contribution is 7.99. The first kappa shape index (κ1) is 21.1. The molecule has 35 heavy (non-hydrogen) atoms. The van der Waals surface area contributed by atoms with E-state index in [2.05, 4.69) is 84.7 Å². The van der Waals surface area contributed by atoms with Crippen molar-refractivity contribution in [2.75, 3.05) is 0 Å². The molecule has 6 aromatic rings. The standard InChI is InChI=1S/C26H19N7OS/c1-2-10-21(11-3-1)33-24(15-20-9-6-8-19-7-4-5-12-23(19)20)30-31-26(33)35-25-14-13-22(34-25)16-29-32-17-27-28-18-32/h1-14,16-18H,15H2/b29-16+. The third kappa shape index (κ3) is 4.49. The molecule has 0 aliphatic heterocycles. The first-order valence-electron chi connectivity index (χ1n) is 11.0. The Labute approximate surface area is 205 Å². The lowest BCUT2D eigenvalue weighted by Crippen LogP contribution is -2.04. The lowest BCUT2D eigenvalue weighted by molar-refractivity contribution is 0.468. The molecular formula is C26H19N7OS. The highest BCUT2D eigenvalue weighted by Gasteiger charge is 2.18. The van der Waals surface area contributed by atoms with Crippen molar-refractivity contribution >= 4 is 28.7 Å². The van der Waals surface area contributed by atoms with Gasteiger partial charge < -0.3 is 4.42 Å². The van der Waals surface area contributed by atoms with Crippen molar-refractivity contribution in [1.82, 2.24) is 29.6 Å². The molecule has 0 spiro atoms. The fraction of sp³-hybridized carbons (Fsp3) is 0.0385. The van der Waals surface area contributed by atoms with Crippen molar-refractivity contribution in [1.29, 1.82) is 0 Å². The second-order valence-corrected chi connectivity index (χ2v) is 8.70. The molecule has 9 heteroatoms. The second kappa shape index (κ2) is 9.40. The molecule has 0 amide bonds. The van der Waals surface area contributed by atoms with Gasteiger partial charge in [0.15, 0.2) is 5.09 Å². The summed E-state index contributed by atoms with van der Waals surface area (Å²) in [5, 5.41) is 24.6. The molecule has 0 fully saturated rings. The van der Waals surface area contributed by atoms with E-state index in [1.165, 1.54) is 45.4 Å². The van der Waals surface area contributed by atoms with E-state index in [1.54, 1.807) is 6.21 Å². The van der Waals surface area contributed by atoms with Crippen LogP contribution < -0.4 is 0 Å². The van der Waals surface area contributed by atoms with E-state index in [0.29, 0.717) is 17.3 Å². The zero-order chi connectivity index (χ0) is 23.5. The van der Waals surface area contributed by atoms with E-state index in [-0.39, 0.29) is 0 Å². The van der Waals surface area contributed by atoms with E-state index < -0.39 is 0 Å². The summed E-state index contributed by atoms with van der Waals surface area (Å²) in [4.78, 5) is 0. The maximum Gasteiger partial charge on any atom is 0.203 e. The minimum Gasteiger partial charge on any atom is -0.448 e. The number of hydrogen-bond acceptors (Lipinski definition) is 7. The van der Waals surface area contributed by atoms with Gasteiger partial charge in [-0.3, -0.25) is 4.57 Å². The van der Waals surface area contributed by atoms with Gasteiger partial charge in [0.25, 0.3) is 0 Å². The Bertz CT molecular complexity index is 1600. The van der Waals surface area contributed by atoms with Gasteiger partial charge in [0, 0.05) is 12.1 Å². The average Bonchev–Trinajstić information content (AvgIpc) is 3.66. The van der Waals surface area contributed by atoms with Crippen LogP contribution in [0.3, 0.4) is 0 Å². The summed E-state index contributed by atoms with van der Waals surface area (Å²) in [6.45, 7) is 0. The fourth-order valence-corrected chi connectivity index (χ4v) is 4.70. The maximum atomic E-state index is 5.94. The van der Waals surface area contributed by atoms with Crippen molar-refractivity contribution < 1.29 is 4.42 Å². The number of aromatic nitrogens is 6. The molecule has 0 N–H and O–H groups in total. The first-order chi connectivity index (χ1) is 17.3. The van der Waals surface area contributed by atoms with Crippen LogP contribution in [0.4, 0.5) is 0 Å². The smallest absolute Gasteiger partial charge is 0.203 e. The first-order valence-corrected chi connectivity index (χ1v) is 11.8. The van der Waals surface area contributed by atoms with Gasteiger partial charge >= 0.3 is 0 Å². The third-order valence-corrected chi connectivity index (χ3v) is 6.33. The quantitative estimate of drug-likeness (QED) is 0.293. The molecule has 6 rings (SSSR count). The minimum atomic E-state index is 0.614. The van der Waals surface area contributed by atoms with E-state index in [0.717, 1.165) is 16.7 Å². The molecule has 0 atom stereocenters. The van der Waals surface area contributed by atoms with E-state index in [1.807, 2.05) is 30.3 Å². The Morgan fingerprint density at radius 1 is 0.829 bits per heavy atom.